The van der Waals surface area contributed by atoms with Crippen LogP contribution in [0.25, 0.3) is 0 Å². The van der Waals surface area contributed by atoms with Crippen LogP contribution in [0.1, 0.15) is 63.5 Å². The maximum Gasteiger partial charge on any atom is 0.0499 e. The van der Waals surface area contributed by atoms with E-state index < -0.39 is 0 Å². The van der Waals surface area contributed by atoms with Crippen LogP contribution in [0.4, 0.5) is 0 Å². The number of hydrogen-bond donors (Lipinski definition) is 1. The van der Waals surface area contributed by atoms with Gasteiger partial charge in [-0.15, -0.1) is 0 Å². The summed E-state index contributed by atoms with van der Waals surface area (Å²) in [5, 5.41) is 0. The molecule has 0 amide bonds. The van der Waals surface area contributed by atoms with Gasteiger partial charge in [-0.2, -0.15) is 0 Å². The van der Waals surface area contributed by atoms with Crippen molar-refractivity contribution >= 4 is 15.9 Å². The summed E-state index contributed by atoms with van der Waals surface area (Å²) in [5.41, 5.74) is 7.83. The summed E-state index contributed by atoms with van der Waals surface area (Å²) in [6, 6.07) is 9.84. The molecule has 0 heterocycles. The summed E-state index contributed by atoms with van der Waals surface area (Å²) in [4.78, 5) is 2.56. The van der Waals surface area contributed by atoms with Crippen LogP contribution in [0.2, 0.25) is 0 Å². The minimum Gasteiger partial charge on any atom is -0.326 e. The SMILES string of the molecule is CCC(N)C(c1cccc(Br)c1)N(C)C1CCCCCC1. The lowest BCUT2D eigenvalue weighted by atomic mass is 9.94. The third kappa shape index (κ3) is 4.54. The predicted molar refractivity (Wildman–Crippen MR) is 94.4 cm³/mol. The molecule has 2 atom stereocenters. The zero-order chi connectivity index (χ0) is 15.2. The molecule has 1 fully saturated rings. The molecule has 1 aliphatic rings. The fourth-order valence-corrected chi connectivity index (χ4v) is 4.01. The molecule has 0 spiro atoms. The normalized spacial score (nSPS) is 20.2. The van der Waals surface area contributed by atoms with Gasteiger partial charge in [0.2, 0.25) is 0 Å². The minimum absolute atomic E-state index is 0.188. The Labute approximate surface area is 138 Å². The highest BCUT2D eigenvalue weighted by molar-refractivity contribution is 9.10. The molecule has 0 aromatic heterocycles. The number of nitrogens with two attached hydrogens (primary N) is 1. The minimum atomic E-state index is 0.188. The van der Waals surface area contributed by atoms with Gasteiger partial charge in [-0.05, 0) is 44.0 Å². The Balaban J connectivity index is 2.22. The van der Waals surface area contributed by atoms with Crippen LogP contribution < -0.4 is 5.73 Å². The van der Waals surface area contributed by atoms with E-state index in [4.69, 9.17) is 5.73 Å². The molecule has 1 saturated carbocycles. The Morgan fingerprint density at radius 1 is 1.24 bits per heavy atom. The summed E-state index contributed by atoms with van der Waals surface area (Å²) in [6.45, 7) is 2.19. The average Bonchev–Trinajstić information content (AvgIpc) is 2.76. The topological polar surface area (TPSA) is 29.3 Å². The highest BCUT2D eigenvalue weighted by Gasteiger charge is 2.28. The van der Waals surface area contributed by atoms with Crippen LogP contribution in [-0.4, -0.2) is 24.0 Å². The highest BCUT2D eigenvalue weighted by atomic mass is 79.9. The molecule has 1 aromatic rings. The van der Waals surface area contributed by atoms with Crippen molar-refractivity contribution in [3.05, 3.63) is 34.3 Å². The molecular weight excluding hydrogens is 324 g/mol. The van der Waals surface area contributed by atoms with Crippen molar-refractivity contribution in [2.75, 3.05) is 7.05 Å². The molecule has 2 rings (SSSR count). The second-order valence-electron chi connectivity index (χ2n) is 6.38. The Bertz CT molecular complexity index is 427. The first-order valence-corrected chi connectivity index (χ1v) is 9.15. The molecule has 0 radical (unpaired) electrons. The summed E-state index contributed by atoms with van der Waals surface area (Å²) >= 11 is 3.60. The largest absolute Gasteiger partial charge is 0.326 e. The molecule has 2 nitrogen and oxygen atoms in total. The first kappa shape index (κ1) is 17.0. The van der Waals surface area contributed by atoms with Gasteiger partial charge in [0, 0.05) is 22.6 Å². The van der Waals surface area contributed by atoms with E-state index in [-0.39, 0.29) is 6.04 Å². The van der Waals surface area contributed by atoms with Crippen LogP contribution >= 0.6 is 15.9 Å². The van der Waals surface area contributed by atoms with Gasteiger partial charge >= 0.3 is 0 Å². The molecular formula is C18H29BrN2. The van der Waals surface area contributed by atoms with Gasteiger partial charge in [-0.1, -0.05) is 60.7 Å². The van der Waals surface area contributed by atoms with Crippen molar-refractivity contribution < 1.29 is 0 Å². The van der Waals surface area contributed by atoms with E-state index in [1.807, 2.05) is 0 Å². The first-order valence-electron chi connectivity index (χ1n) is 8.36. The zero-order valence-electron chi connectivity index (χ0n) is 13.4. The Hall–Kier alpha value is -0.380. The molecule has 1 aliphatic carbocycles. The Morgan fingerprint density at radius 3 is 2.48 bits per heavy atom. The van der Waals surface area contributed by atoms with Crippen LogP contribution in [0.5, 0.6) is 0 Å². The lowest BCUT2D eigenvalue weighted by molar-refractivity contribution is 0.135. The van der Waals surface area contributed by atoms with E-state index in [0.29, 0.717) is 12.1 Å². The molecule has 2 unspecified atom stereocenters. The van der Waals surface area contributed by atoms with Crippen molar-refractivity contribution in [1.82, 2.24) is 4.90 Å². The molecule has 1 aromatic carbocycles. The smallest absolute Gasteiger partial charge is 0.0499 e. The van der Waals surface area contributed by atoms with E-state index in [9.17, 15) is 0 Å². The Morgan fingerprint density at radius 2 is 1.90 bits per heavy atom. The van der Waals surface area contributed by atoms with E-state index >= 15 is 0 Å². The molecule has 2 N–H and O–H groups in total. The molecule has 3 heteroatoms. The summed E-state index contributed by atoms with van der Waals surface area (Å²) in [6.07, 6.45) is 9.16. The van der Waals surface area contributed by atoms with Crippen LogP contribution in [0, 0.1) is 0 Å². The van der Waals surface area contributed by atoms with Crippen LogP contribution in [0.15, 0.2) is 28.7 Å². The Kier molecular flexibility index (Phi) is 6.72. The number of hydrogen-bond acceptors (Lipinski definition) is 2. The van der Waals surface area contributed by atoms with Crippen LogP contribution in [0.3, 0.4) is 0 Å². The lowest BCUT2D eigenvalue weighted by Gasteiger charge is -2.38. The van der Waals surface area contributed by atoms with E-state index in [0.717, 1.165) is 10.9 Å². The van der Waals surface area contributed by atoms with Gasteiger partial charge in [0.05, 0.1) is 0 Å². The molecule has 118 valence electrons. The maximum absolute atomic E-state index is 6.49. The zero-order valence-corrected chi connectivity index (χ0v) is 15.0. The van der Waals surface area contributed by atoms with Crippen molar-refractivity contribution in [2.24, 2.45) is 5.73 Å². The quantitative estimate of drug-likeness (QED) is 0.765. The average molecular weight is 353 g/mol. The summed E-state index contributed by atoms with van der Waals surface area (Å²) in [7, 11) is 2.27. The second-order valence-corrected chi connectivity index (χ2v) is 7.30. The van der Waals surface area contributed by atoms with Crippen molar-refractivity contribution in [2.45, 2.75) is 70.0 Å². The van der Waals surface area contributed by atoms with Gasteiger partial charge < -0.3 is 5.73 Å². The maximum atomic E-state index is 6.49. The highest BCUT2D eigenvalue weighted by Crippen LogP contribution is 2.31. The van der Waals surface area contributed by atoms with Gasteiger partial charge in [0.25, 0.3) is 0 Å². The van der Waals surface area contributed by atoms with Gasteiger partial charge in [0.15, 0.2) is 0 Å². The predicted octanol–water partition coefficient (Wildman–Crippen LogP) is 4.88. The standard InChI is InChI=1S/C18H29BrN2/c1-3-17(20)18(14-9-8-10-15(19)13-14)21(2)16-11-6-4-5-7-12-16/h8-10,13,16-18H,3-7,11-12,20H2,1-2H3. The molecule has 0 aliphatic heterocycles. The van der Waals surface area contributed by atoms with Crippen molar-refractivity contribution in [1.29, 1.82) is 0 Å². The van der Waals surface area contributed by atoms with E-state index in [1.165, 1.54) is 44.1 Å². The lowest BCUT2D eigenvalue weighted by Crippen LogP contribution is -2.43. The number of halogens is 1. The summed E-state index contributed by atoms with van der Waals surface area (Å²) < 4.78 is 1.14. The fourth-order valence-electron chi connectivity index (χ4n) is 3.59. The molecule has 0 saturated heterocycles. The van der Waals surface area contributed by atoms with Gasteiger partial charge in [-0.25, -0.2) is 0 Å². The number of likely N-dealkylation sites (N-methyl/N-ethyl adjacent to an activating group) is 1. The number of rotatable bonds is 5. The van der Waals surface area contributed by atoms with Gasteiger partial charge in [0.1, 0.15) is 0 Å². The molecule has 21 heavy (non-hydrogen) atoms. The first-order chi connectivity index (χ1) is 10.1. The fraction of sp³-hybridized carbons (Fsp3) is 0.667. The van der Waals surface area contributed by atoms with E-state index in [1.54, 1.807) is 0 Å². The second kappa shape index (κ2) is 8.30. The summed E-state index contributed by atoms with van der Waals surface area (Å²) in [5.74, 6) is 0. The van der Waals surface area contributed by atoms with Crippen LogP contribution in [-0.2, 0) is 0 Å². The third-order valence-electron chi connectivity index (χ3n) is 4.91. The number of nitrogens with zero attached hydrogens (tertiary/aromatic N) is 1. The number of benzene rings is 1. The molecule has 0 bridgehead atoms. The van der Waals surface area contributed by atoms with Gasteiger partial charge in [-0.3, -0.25) is 4.90 Å². The van der Waals surface area contributed by atoms with Crippen molar-refractivity contribution in [3.8, 4) is 0 Å². The third-order valence-corrected chi connectivity index (χ3v) is 5.40. The monoisotopic (exact) mass is 352 g/mol. The van der Waals surface area contributed by atoms with Crippen molar-refractivity contribution in [3.63, 3.8) is 0 Å². The van der Waals surface area contributed by atoms with E-state index in [2.05, 4.69) is 59.1 Å².